The average Bonchev–Trinajstić information content (AvgIpc) is 3.36. The van der Waals surface area contributed by atoms with Crippen LogP contribution in [-0.4, -0.2) is 36.5 Å². The number of carbonyl (C=O) groups is 1. The van der Waals surface area contributed by atoms with Gasteiger partial charge in [0.15, 0.2) is 5.76 Å². The van der Waals surface area contributed by atoms with Gasteiger partial charge in [-0.25, -0.2) is 0 Å². The lowest BCUT2D eigenvalue weighted by atomic mass is 10.0. The zero-order chi connectivity index (χ0) is 22.5. The molecule has 1 saturated heterocycles. The van der Waals surface area contributed by atoms with Crippen molar-refractivity contribution in [2.45, 2.75) is 12.5 Å². The van der Waals surface area contributed by atoms with Crippen LogP contribution in [0.5, 0.6) is 11.5 Å². The maximum Gasteiger partial charge on any atom is 0.289 e. The molecule has 4 aromatic rings. The number of benzene rings is 3. The normalized spacial score (nSPS) is 15.9. The van der Waals surface area contributed by atoms with Crippen molar-refractivity contribution < 1.29 is 13.9 Å². The van der Waals surface area contributed by atoms with Crippen molar-refractivity contribution in [3.8, 4) is 22.8 Å². The lowest BCUT2D eigenvalue weighted by Gasteiger charge is -2.36. The molecule has 0 radical (unpaired) electrons. The van der Waals surface area contributed by atoms with Crippen LogP contribution in [0.1, 0.15) is 16.1 Å². The molecule has 5 nitrogen and oxygen atoms in total. The summed E-state index contributed by atoms with van der Waals surface area (Å²) in [4.78, 5) is 15.3. The summed E-state index contributed by atoms with van der Waals surface area (Å²) in [6.07, 6.45) is 0.806. The van der Waals surface area contributed by atoms with E-state index in [9.17, 15) is 4.79 Å². The highest BCUT2D eigenvalue weighted by Crippen LogP contribution is 2.34. The maximum atomic E-state index is 13.4. The number of amides is 1. The average molecular weight is 439 g/mol. The van der Waals surface area contributed by atoms with Crippen LogP contribution in [0.3, 0.4) is 0 Å². The fraction of sp³-hybridized carbons (Fsp3) is 0.179. The fourth-order valence-electron chi connectivity index (χ4n) is 4.21. The highest BCUT2D eigenvalue weighted by atomic mass is 16.5. The predicted octanol–water partition coefficient (Wildman–Crippen LogP) is 5.40. The third kappa shape index (κ3) is 4.83. The van der Waals surface area contributed by atoms with Gasteiger partial charge in [0.05, 0.1) is 5.56 Å². The first-order chi connectivity index (χ1) is 16.3. The summed E-state index contributed by atoms with van der Waals surface area (Å²) in [5.74, 6) is 2.31. The molecule has 1 atom stereocenters. The Morgan fingerprint density at radius 2 is 1.64 bits per heavy atom. The molecule has 0 saturated carbocycles. The number of nitrogens with one attached hydrogen (secondary N) is 1. The predicted molar refractivity (Wildman–Crippen MR) is 129 cm³/mol. The van der Waals surface area contributed by atoms with E-state index >= 15 is 0 Å². The summed E-state index contributed by atoms with van der Waals surface area (Å²) < 4.78 is 12.1. The number of nitrogens with zero attached hydrogens (tertiary/aromatic N) is 1. The van der Waals surface area contributed by atoms with E-state index in [4.69, 9.17) is 9.15 Å². The number of piperazine rings is 1. The fourth-order valence-corrected chi connectivity index (χ4v) is 4.21. The Bertz CT molecular complexity index is 1200. The first-order valence-corrected chi connectivity index (χ1v) is 11.3. The summed E-state index contributed by atoms with van der Waals surface area (Å²) in [6, 6.07) is 31.3. The molecule has 1 fully saturated rings. The van der Waals surface area contributed by atoms with Crippen LogP contribution in [0.2, 0.25) is 0 Å². The third-order valence-electron chi connectivity index (χ3n) is 5.87. The van der Waals surface area contributed by atoms with Crippen LogP contribution < -0.4 is 10.1 Å². The zero-order valence-electron chi connectivity index (χ0n) is 18.3. The van der Waals surface area contributed by atoms with E-state index in [1.807, 2.05) is 83.8 Å². The number of carbonyl (C=O) groups excluding carboxylic acids is 1. The van der Waals surface area contributed by atoms with Crippen LogP contribution >= 0.6 is 0 Å². The Morgan fingerprint density at radius 3 is 2.45 bits per heavy atom. The van der Waals surface area contributed by atoms with Gasteiger partial charge < -0.3 is 19.4 Å². The van der Waals surface area contributed by atoms with Gasteiger partial charge in [-0.3, -0.25) is 4.79 Å². The standard InChI is InChI=1S/C28H26N2O3/c31-28(30-18-17-29-20-22(30)19-21-9-3-1-4-10-21)27-16-15-26(33-27)24-13-7-8-14-25(24)32-23-11-5-2-6-12-23/h1-16,22,29H,17-20H2/t22-/m1/s1. The van der Waals surface area contributed by atoms with Gasteiger partial charge in [0.25, 0.3) is 5.91 Å². The van der Waals surface area contributed by atoms with E-state index in [0.717, 1.165) is 30.8 Å². The molecule has 0 aliphatic carbocycles. The molecule has 1 aromatic heterocycles. The van der Waals surface area contributed by atoms with Gasteiger partial charge in [-0.2, -0.15) is 0 Å². The molecule has 3 aromatic carbocycles. The number of rotatable bonds is 6. The van der Waals surface area contributed by atoms with Crippen LogP contribution in [0, 0.1) is 0 Å². The molecule has 166 valence electrons. The molecule has 1 N–H and O–H groups in total. The van der Waals surface area contributed by atoms with E-state index in [1.165, 1.54) is 5.56 Å². The second kappa shape index (κ2) is 9.76. The third-order valence-corrected chi connectivity index (χ3v) is 5.87. The van der Waals surface area contributed by atoms with Gasteiger partial charge in [-0.05, 0) is 48.4 Å². The summed E-state index contributed by atoms with van der Waals surface area (Å²) >= 11 is 0. The highest BCUT2D eigenvalue weighted by molar-refractivity contribution is 5.92. The maximum absolute atomic E-state index is 13.4. The minimum absolute atomic E-state index is 0.0786. The highest BCUT2D eigenvalue weighted by Gasteiger charge is 2.29. The first-order valence-electron chi connectivity index (χ1n) is 11.3. The molecular formula is C28H26N2O3. The van der Waals surface area contributed by atoms with Crippen molar-refractivity contribution in [2.75, 3.05) is 19.6 Å². The SMILES string of the molecule is O=C(c1ccc(-c2ccccc2Oc2ccccc2)o1)N1CCNC[C@H]1Cc1ccccc1. The molecule has 2 heterocycles. The smallest absolute Gasteiger partial charge is 0.289 e. The van der Waals surface area contributed by atoms with Crippen molar-refractivity contribution in [3.63, 3.8) is 0 Å². The second-order valence-electron chi connectivity index (χ2n) is 8.12. The van der Waals surface area contributed by atoms with E-state index in [2.05, 4.69) is 17.4 Å². The number of hydrogen-bond donors (Lipinski definition) is 1. The second-order valence-corrected chi connectivity index (χ2v) is 8.12. The lowest BCUT2D eigenvalue weighted by molar-refractivity contribution is 0.0604. The summed E-state index contributed by atoms with van der Waals surface area (Å²) in [5.41, 5.74) is 2.03. The Balaban J connectivity index is 1.37. The van der Waals surface area contributed by atoms with Crippen LogP contribution in [0.4, 0.5) is 0 Å². The molecule has 1 aliphatic heterocycles. The molecule has 5 rings (SSSR count). The summed E-state index contributed by atoms with van der Waals surface area (Å²) in [5, 5.41) is 3.41. The lowest BCUT2D eigenvalue weighted by Crippen LogP contribution is -2.54. The van der Waals surface area contributed by atoms with Gasteiger partial charge in [0, 0.05) is 25.7 Å². The largest absolute Gasteiger partial charge is 0.457 e. The van der Waals surface area contributed by atoms with Gasteiger partial charge >= 0.3 is 0 Å². The first kappa shape index (κ1) is 21.0. The monoisotopic (exact) mass is 438 g/mol. The van der Waals surface area contributed by atoms with Crippen LogP contribution in [-0.2, 0) is 6.42 Å². The molecule has 1 amide bonds. The number of para-hydroxylation sites is 2. The van der Waals surface area contributed by atoms with Crippen molar-refractivity contribution in [2.24, 2.45) is 0 Å². The van der Waals surface area contributed by atoms with Crippen LogP contribution in [0.25, 0.3) is 11.3 Å². The minimum atomic E-state index is -0.0786. The quantitative estimate of drug-likeness (QED) is 0.438. The molecule has 1 aliphatic rings. The molecule has 0 spiro atoms. The molecule has 33 heavy (non-hydrogen) atoms. The Kier molecular flexibility index (Phi) is 6.22. The molecule has 0 bridgehead atoms. The Hall–Kier alpha value is -3.83. The van der Waals surface area contributed by atoms with Crippen molar-refractivity contribution in [1.29, 1.82) is 0 Å². The molecular weight excluding hydrogens is 412 g/mol. The topological polar surface area (TPSA) is 54.7 Å². The van der Waals surface area contributed by atoms with E-state index in [-0.39, 0.29) is 11.9 Å². The van der Waals surface area contributed by atoms with Crippen molar-refractivity contribution >= 4 is 5.91 Å². The Labute approximate surface area is 193 Å². The molecule has 5 heteroatoms. The van der Waals surface area contributed by atoms with Crippen LogP contribution in [0.15, 0.2) is 101 Å². The number of furan rings is 1. The number of hydrogen-bond acceptors (Lipinski definition) is 4. The van der Waals surface area contributed by atoms with Gasteiger partial charge in [-0.15, -0.1) is 0 Å². The minimum Gasteiger partial charge on any atom is -0.457 e. The van der Waals surface area contributed by atoms with E-state index in [0.29, 0.717) is 23.8 Å². The van der Waals surface area contributed by atoms with Crippen molar-refractivity contribution in [3.05, 3.63) is 108 Å². The van der Waals surface area contributed by atoms with Gasteiger partial charge in [0.1, 0.15) is 17.3 Å². The van der Waals surface area contributed by atoms with Gasteiger partial charge in [0.2, 0.25) is 0 Å². The summed E-state index contributed by atoms with van der Waals surface area (Å²) in [6.45, 7) is 2.19. The van der Waals surface area contributed by atoms with E-state index < -0.39 is 0 Å². The Morgan fingerprint density at radius 1 is 0.909 bits per heavy atom. The van der Waals surface area contributed by atoms with Gasteiger partial charge in [-0.1, -0.05) is 60.7 Å². The van der Waals surface area contributed by atoms with Crippen molar-refractivity contribution in [1.82, 2.24) is 10.2 Å². The molecule has 0 unspecified atom stereocenters. The number of ether oxygens (including phenoxy) is 1. The summed E-state index contributed by atoms with van der Waals surface area (Å²) in [7, 11) is 0. The zero-order valence-corrected chi connectivity index (χ0v) is 18.3. The van der Waals surface area contributed by atoms with E-state index in [1.54, 1.807) is 6.07 Å².